The highest BCUT2D eigenvalue weighted by molar-refractivity contribution is 6.18. The molecule has 4 amide bonds. The van der Waals surface area contributed by atoms with E-state index >= 15 is 0 Å². The van der Waals surface area contributed by atoms with Gasteiger partial charge in [0.2, 0.25) is 23.6 Å². The minimum Gasteiger partial charge on any atom is -0.280 e. The maximum atomic E-state index is 12.3. The number of fused-ring (bicyclic) bond motifs is 4. The van der Waals surface area contributed by atoms with E-state index in [1.165, 1.54) is 9.80 Å². The van der Waals surface area contributed by atoms with E-state index in [-0.39, 0.29) is 35.7 Å². The summed E-state index contributed by atoms with van der Waals surface area (Å²) in [5.41, 5.74) is 0. The maximum absolute atomic E-state index is 12.3. The molecule has 2 heterocycles. The summed E-state index contributed by atoms with van der Waals surface area (Å²) in [5, 5.41) is 0. The zero-order valence-corrected chi connectivity index (χ0v) is 12.0. The molecule has 6 nitrogen and oxygen atoms in total. The van der Waals surface area contributed by atoms with Gasteiger partial charge in [0, 0.05) is 12.1 Å². The van der Waals surface area contributed by atoms with Crippen molar-refractivity contribution in [3.05, 3.63) is 0 Å². The van der Waals surface area contributed by atoms with E-state index in [0.29, 0.717) is 0 Å². The Morgan fingerprint density at radius 1 is 0.600 bits per heavy atom. The average molecular weight is 278 g/mol. The van der Waals surface area contributed by atoms with Gasteiger partial charge in [-0.3, -0.25) is 29.0 Å². The van der Waals surface area contributed by atoms with Gasteiger partial charge in [0.1, 0.15) is 0 Å². The fraction of sp³-hybridized carbons (Fsp3) is 0.714. The third kappa shape index (κ3) is 1.29. The van der Waals surface area contributed by atoms with E-state index in [9.17, 15) is 19.2 Å². The smallest absolute Gasteiger partial charge is 0.234 e. The van der Waals surface area contributed by atoms with Gasteiger partial charge in [0.15, 0.2) is 0 Å². The Labute approximate surface area is 117 Å². The van der Waals surface area contributed by atoms with Crippen LogP contribution < -0.4 is 0 Å². The van der Waals surface area contributed by atoms with Crippen LogP contribution in [-0.2, 0) is 19.2 Å². The first-order chi connectivity index (χ1) is 9.29. The number of imide groups is 2. The third-order valence-corrected chi connectivity index (χ3v) is 4.67. The van der Waals surface area contributed by atoms with Gasteiger partial charge >= 0.3 is 0 Å². The van der Waals surface area contributed by atoms with Gasteiger partial charge in [-0.1, -0.05) is 0 Å². The van der Waals surface area contributed by atoms with E-state index in [1.807, 2.05) is 0 Å². The molecule has 108 valence electrons. The van der Waals surface area contributed by atoms with Gasteiger partial charge in [0.05, 0.1) is 23.7 Å². The summed E-state index contributed by atoms with van der Waals surface area (Å²) in [5.74, 6) is -3.62. The molecular weight excluding hydrogens is 260 g/mol. The van der Waals surface area contributed by atoms with Crippen LogP contribution in [0.3, 0.4) is 0 Å². The summed E-state index contributed by atoms with van der Waals surface area (Å²) >= 11 is 0. The van der Waals surface area contributed by atoms with Crippen LogP contribution in [0.1, 0.15) is 27.7 Å². The zero-order chi connectivity index (χ0) is 14.9. The lowest BCUT2D eigenvalue weighted by Gasteiger charge is -2.36. The van der Waals surface area contributed by atoms with Crippen molar-refractivity contribution in [3.8, 4) is 0 Å². The highest BCUT2D eigenvalue weighted by atomic mass is 16.2. The number of carbonyl (C=O) groups is 4. The molecule has 0 bridgehead atoms. The van der Waals surface area contributed by atoms with Gasteiger partial charge in [0.25, 0.3) is 0 Å². The Morgan fingerprint density at radius 2 is 0.800 bits per heavy atom. The van der Waals surface area contributed by atoms with Crippen molar-refractivity contribution in [2.24, 2.45) is 23.7 Å². The van der Waals surface area contributed by atoms with E-state index < -0.39 is 23.7 Å². The number of rotatable bonds is 2. The number of nitrogens with zero attached hydrogens (tertiary/aromatic N) is 2. The second kappa shape index (κ2) is 3.90. The summed E-state index contributed by atoms with van der Waals surface area (Å²) in [4.78, 5) is 51.7. The number of amides is 4. The van der Waals surface area contributed by atoms with Gasteiger partial charge in [-0.15, -0.1) is 0 Å². The summed E-state index contributed by atoms with van der Waals surface area (Å²) in [6.45, 7) is 7.06. The molecule has 0 radical (unpaired) electrons. The normalized spacial score (nSPS) is 36.1. The highest BCUT2D eigenvalue weighted by Crippen LogP contribution is 2.56. The third-order valence-electron chi connectivity index (χ3n) is 4.67. The van der Waals surface area contributed by atoms with E-state index in [2.05, 4.69) is 0 Å². The van der Waals surface area contributed by atoms with Crippen LogP contribution in [-0.4, -0.2) is 45.5 Å². The van der Waals surface area contributed by atoms with Gasteiger partial charge in [-0.2, -0.15) is 0 Å². The molecule has 0 aromatic carbocycles. The molecule has 3 fully saturated rings. The molecule has 3 aliphatic rings. The Hall–Kier alpha value is -1.72. The quantitative estimate of drug-likeness (QED) is 0.667. The van der Waals surface area contributed by atoms with Crippen LogP contribution in [0.4, 0.5) is 0 Å². The molecule has 0 spiro atoms. The van der Waals surface area contributed by atoms with Crippen LogP contribution in [0.5, 0.6) is 0 Å². The molecule has 2 aliphatic heterocycles. The van der Waals surface area contributed by atoms with E-state index in [4.69, 9.17) is 0 Å². The average Bonchev–Trinajstić information content (AvgIpc) is 2.56. The number of carbonyl (C=O) groups excluding carboxylic acids is 4. The first-order valence-corrected chi connectivity index (χ1v) is 7.02. The maximum Gasteiger partial charge on any atom is 0.234 e. The van der Waals surface area contributed by atoms with Crippen molar-refractivity contribution >= 4 is 23.6 Å². The van der Waals surface area contributed by atoms with Crippen LogP contribution in [0.25, 0.3) is 0 Å². The van der Waals surface area contributed by atoms with E-state index in [1.54, 1.807) is 27.7 Å². The number of likely N-dealkylation sites (tertiary alicyclic amines) is 2. The van der Waals surface area contributed by atoms with E-state index in [0.717, 1.165) is 0 Å². The van der Waals surface area contributed by atoms with Crippen molar-refractivity contribution in [2.45, 2.75) is 39.8 Å². The summed E-state index contributed by atoms with van der Waals surface area (Å²) in [6.07, 6.45) is 0. The molecule has 0 unspecified atom stereocenters. The molecule has 20 heavy (non-hydrogen) atoms. The fourth-order valence-electron chi connectivity index (χ4n) is 3.85. The van der Waals surface area contributed by atoms with Crippen molar-refractivity contribution in [2.75, 3.05) is 0 Å². The fourth-order valence-corrected chi connectivity index (χ4v) is 3.85. The largest absolute Gasteiger partial charge is 0.280 e. The molecule has 1 saturated carbocycles. The molecule has 6 heteroatoms. The predicted octanol–water partition coefficient (Wildman–Crippen LogP) is 0.0192. The Bertz CT molecular complexity index is 443. The Kier molecular flexibility index (Phi) is 2.59. The molecule has 2 saturated heterocycles. The highest BCUT2D eigenvalue weighted by Gasteiger charge is 2.73. The van der Waals surface area contributed by atoms with Crippen molar-refractivity contribution in [1.29, 1.82) is 0 Å². The first-order valence-electron chi connectivity index (χ1n) is 7.02. The van der Waals surface area contributed by atoms with Gasteiger partial charge in [-0.25, -0.2) is 0 Å². The Morgan fingerprint density at radius 3 is 0.950 bits per heavy atom. The zero-order valence-electron chi connectivity index (χ0n) is 12.0. The van der Waals surface area contributed by atoms with Crippen molar-refractivity contribution in [1.82, 2.24) is 9.80 Å². The second-order valence-electron chi connectivity index (χ2n) is 6.38. The number of hydrogen-bond donors (Lipinski definition) is 0. The predicted molar refractivity (Wildman–Crippen MR) is 67.9 cm³/mol. The summed E-state index contributed by atoms with van der Waals surface area (Å²) in [7, 11) is 0. The lowest BCUT2D eigenvalue weighted by molar-refractivity contribution is -0.146. The number of hydrogen-bond acceptors (Lipinski definition) is 4. The lowest BCUT2D eigenvalue weighted by Crippen LogP contribution is -2.50. The molecule has 0 atom stereocenters. The monoisotopic (exact) mass is 278 g/mol. The van der Waals surface area contributed by atoms with Crippen molar-refractivity contribution < 1.29 is 19.2 Å². The summed E-state index contributed by atoms with van der Waals surface area (Å²) in [6, 6.07) is -0.458. The molecule has 0 aromatic rings. The lowest BCUT2D eigenvalue weighted by atomic mass is 9.59. The molecule has 3 rings (SSSR count). The summed E-state index contributed by atoms with van der Waals surface area (Å²) < 4.78 is 0. The minimum atomic E-state index is -0.616. The second-order valence-corrected chi connectivity index (χ2v) is 6.38. The molecule has 0 aromatic heterocycles. The topological polar surface area (TPSA) is 74.8 Å². The standard InChI is InChI=1S/C14H18N2O4/c1-5(2)15-11(17)7-8(12(15)18)10-9(7)13(19)16(6(3)4)14(10)20/h5-10H,1-4H3. The van der Waals surface area contributed by atoms with Gasteiger partial charge in [-0.05, 0) is 27.7 Å². The van der Waals surface area contributed by atoms with Gasteiger partial charge < -0.3 is 0 Å². The van der Waals surface area contributed by atoms with Crippen molar-refractivity contribution in [3.63, 3.8) is 0 Å². The SMILES string of the molecule is CC(C)N1C(=O)C2C(C1=O)C1C(=O)N(C(C)C)C(=O)C21. The Balaban J connectivity index is 1.96. The van der Waals surface area contributed by atoms with Crippen LogP contribution >= 0.6 is 0 Å². The molecule has 0 N–H and O–H groups in total. The minimum absolute atomic E-state index is 0.229. The van der Waals surface area contributed by atoms with Crippen LogP contribution in [0.15, 0.2) is 0 Å². The van der Waals surface area contributed by atoms with Crippen LogP contribution in [0.2, 0.25) is 0 Å². The first kappa shape index (κ1) is 13.3. The molecular formula is C14H18N2O4. The molecule has 1 aliphatic carbocycles. The van der Waals surface area contributed by atoms with Crippen LogP contribution in [0, 0.1) is 23.7 Å².